The lowest BCUT2D eigenvalue weighted by Crippen LogP contribution is -2.41. The van der Waals surface area contributed by atoms with Crippen molar-refractivity contribution in [2.75, 3.05) is 0 Å². The minimum atomic E-state index is -4.91. The van der Waals surface area contributed by atoms with Gasteiger partial charge in [-0.3, -0.25) is 4.79 Å². The van der Waals surface area contributed by atoms with Gasteiger partial charge in [-0.1, -0.05) is 30.3 Å². The van der Waals surface area contributed by atoms with Crippen LogP contribution in [0, 0.1) is 0 Å². The molecule has 0 bridgehead atoms. The first-order chi connectivity index (χ1) is 7.34. The fourth-order valence-electron chi connectivity index (χ4n) is 1.07. The van der Waals surface area contributed by atoms with E-state index in [-0.39, 0.29) is 5.56 Å². The third-order valence-electron chi connectivity index (χ3n) is 1.92. The van der Waals surface area contributed by atoms with Crippen molar-refractivity contribution >= 4 is 17.4 Å². The molecule has 6 heteroatoms. The molecule has 1 rings (SSSR count). The topological polar surface area (TPSA) is 37.3 Å². The number of hydrogen-bond donors (Lipinski definition) is 1. The summed E-state index contributed by atoms with van der Waals surface area (Å²) >= 11 is 5.28. The standard InChI is InChI=1S/C10H8ClF3O2/c11-7(9(16)10(12,13)14)8(15)6-4-2-1-3-5-6/h1-5,7,9,16H. The molecule has 88 valence electrons. The minimum Gasteiger partial charge on any atom is -0.382 e. The van der Waals surface area contributed by atoms with Crippen molar-refractivity contribution in [2.24, 2.45) is 0 Å². The van der Waals surface area contributed by atoms with Crippen molar-refractivity contribution in [3.63, 3.8) is 0 Å². The van der Waals surface area contributed by atoms with Gasteiger partial charge in [0.2, 0.25) is 0 Å². The Labute approximate surface area is 94.6 Å². The summed E-state index contributed by atoms with van der Waals surface area (Å²) in [5, 5.41) is 6.78. The van der Waals surface area contributed by atoms with Crippen molar-refractivity contribution < 1.29 is 23.1 Å². The van der Waals surface area contributed by atoms with E-state index < -0.39 is 23.4 Å². The summed E-state index contributed by atoms with van der Waals surface area (Å²) < 4.78 is 36.3. The number of halogens is 4. The molecule has 2 nitrogen and oxygen atoms in total. The van der Waals surface area contributed by atoms with E-state index >= 15 is 0 Å². The molecule has 0 saturated heterocycles. The third kappa shape index (κ3) is 2.96. The van der Waals surface area contributed by atoms with Gasteiger partial charge in [0, 0.05) is 5.56 Å². The van der Waals surface area contributed by atoms with Crippen molar-refractivity contribution in [3.8, 4) is 0 Å². The highest BCUT2D eigenvalue weighted by Gasteiger charge is 2.45. The molecular formula is C10H8ClF3O2. The van der Waals surface area contributed by atoms with E-state index in [1.807, 2.05) is 0 Å². The monoisotopic (exact) mass is 252 g/mol. The van der Waals surface area contributed by atoms with Gasteiger partial charge in [-0.25, -0.2) is 0 Å². The van der Waals surface area contributed by atoms with Crippen molar-refractivity contribution in [1.29, 1.82) is 0 Å². The number of aliphatic hydroxyl groups is 1. The third-order valence-corrected chi connectivity index (χ3v) is 2.36. The predicted molar refractivity (Wildman–Crippen MR) is 52.5 cm³/mol. The molecular weight excluding hydrogens is 245 g/mol. The second-order valence-electron chi connectivity index (χ2n) is 3.12. The highest BCUT2D eigenvalue weighted by atomic mass is 35.5. The van der Waals surface area contributed by atoms with Crippen molar-refractivity contribution in [1.82, 2.24) is 0 Å². The summed E-state index contributed by atoms with van der Waals surface area (Å²) in [6.07, 6.45) is -7.77. The van der Waals surface area contributed by atoms with Crippen LogP contribution in [-0.4, -0.2) is 28.5 Å². The lowest BCUT2D eigenvalue weighted by molar-refractivity contribution is -0.200. The second kappa shape index (κ2) is 4.84. The molecule has 0 fully saturated rings. The van der Waals surface area contributed by atoms with Crippen molar-refractivity contribution in [3.05, 3.63) is 35.9 Å². The van der Waals surface area contributed by atoms with E-state index in [9.17, 15) is 18.0 Å². The van der Waals surface area contributed by atoms with Gasteiger partial charge in [0.1, 0.15) is 5.38 Å². The van der Waals surface area contributed by atoms with Gasteiger partial charge in [0.15, 0.2) is 11.9 Å². The first kappa shape index (κ1) is 13.0. The summed E-state index contributed by atoms with van der Waals surface area (Å²) in [6.45, 7) is 0. The molecule has 0 amide bonds. The van der Waals surface area contributed by atoms with Gasteiger partial charge in [-0.05, 0) is 0 Å². The lowest BCUT2D eigenvalue weighted by Gasteiger charge is -2.18. The van der Waals surface area contributed by atoms with Crippen LogP contribution in [0.2, 0.25) is 0 Å². The van der Waals surface area contributed by atoms with Crippen LogP contribution >= 0.6 is 11.6 Å². The predicted octanol–water partition coefficient (Wildman–Crippen LogP) is 2.40. The number of Topliss-reactive ketones (excluding diaryl/α,β-unsaturated/α-hetero) is 1. The van der Waals surface area contributed by atoms with Gasteiger partial charge >= 0.3 is 6.18 Å². The average molecular weight is 253 g/mol. The smallest absolute Gasteiger partial charge is 0.382 e. The molecule has 1 N–H and O–H groups in total. The van der Waals surface area contributed by atoms with Crippen LogP contribution in [0.15, 0.2) is 30.3 Å². The Morgan fingerprint density at radius 1 is 1.25 bits per heavy atom. The van der Waals surface area contributed by atoms with Crippen LogP contribution < -0.4 is 0 Å². The maximum atomic E-state index is 12.1. The summed E-state index contributed by atoms with van der Waals surface area (Å²) in [4.78, 5) is 11.4. The van der Waals surface area contributed by atoms with E-state index in [1.54, 1.807) is 6.07 Å². The number of aliphatic hydroxyl groups excluding tert-OH is 1. The van der Waals surface area contributed by atoms with Crippen LogP contribution in [-0.2, 0) is 0 Å². The Morgan fingerprint density at radius 3 is 2.19 bits per heavy atom. The number of alkyl halides is 4. The molecule has 0 aliphatic rings. The zero-order valence-electron chi connectivity index (χ0n) is 7.91. The molecule has 1 aromatic carbocycles. The number of benzene rings is 1. The van der Waals surface area contributed by atoms with E-state index in [4.69, 9.17) is 16.7 Å². The lowest BCUT2D eigenvalue weighted by atomic mass is 10.0. The van der Waals surface area contributed by atoms with E-state index in [0.717, 1.165) is 0 Å². The summed E-state index contributed by atoms with van der Waals surface area (Å²) in [5.41, 5.74) is 0.0331. The zero-order chi connectivity index (χ0) is 12.3. The van der Waals surface area contributed by atoms with Crippen LogP contribution in [0.5, 0.6) is 0 Å². The second-order valence-corrected chi connectivity index (χ2v) is 3.59. The summed E-state index contributed by atoms with van der Waals surface area (Å²) in [7, 11) is 0. The normalized spacial score (nSPS) is 15.6. The van der Waals surface area contributed by atoms with Gasteiger partial charge in [-0.2, -0.15) is 13.2 Å². The van der Waals surface area contributed by atoms with E-state index in [2.05, 4.69) is 0 Å². The number of ketones is 1. The Bertz CT molecular complexity index is 364. The Morgan fingerprint density at radius 2 is 1.75 bits per heavy atom. The molecule has 0 heterocycles. The quantitative estimate of drug-likeness (QED) is 0.663. The Balaban J connectivity index is 2.84. The largest absolute Gasteiger partial charge is 0.416 e. The fourth-order valence-corrected chi connectivity index (χ4v) is 1.34. The van der Waals surface area contributed by atoms with Crippen LogP contribution in [0.25, 0.3) is 0 Å². The van der Waals surface area contributed by atoms with E-state index in [0.29, 0.717) is 0 Å². The van der Waals surface area contributed by atoms with Gasteiger partial charge in [0.05, 0.1) is 0 Å². The van der Waals surface area contributed by atoms with Crippen LogP contribution in [0.4, 0.5) is 13.2 Å². The number of hydrogen-bond acceptors (Lipinski definition) is 2. The highest BCUT2D eigenvalue weighted by Crippen LogP contribution is 2.26. The van der Waals surface area contributed by atoms with Gasteiger partial charge in [-0.15, -0.1) is 11.6 Å². The van der Waals surface area contributed by atoms with E-state index in [1.165, 1.54) is 24.3 Å². The Hall–Kier alpha value is -1.07. The summed E-state index contributed by atoms with van der Waals surface area (Å²) in [6, 6.07) is 7.27. The molecule has 0 spiro atoms. The first-order valence-electron chi connectivity index (χ1n) is 4.32. The number of carbonyl (C=O) groups excluding carboxylic acids is 1. The molecule has 0 aliphatic carbocycles. The molecule has 0 saturated carbocycles. The minimum absolute atomic E-state index is 0.0331. The molecule has 2 unspecified atom stereocenters. The molecule has 0 aromatic heterocycles. The zero-order valence-corrected chi connectivity index (χ0v) is 8.66. The SMILES string of the molecule is O=C(c1ccccc1)C(Cl)C(O)C(F)(F)F. The number of rotatable bonds is 3. The molecule has 2 atom stereocenters. The first-order valence-corrected chi connectivity index (χ1v) is 4.76. The fraction of sp³-hybridized carbons (Fsp3) is 0.300. The maximum absolute atomic E-state index is 12.1. The molecule has 0 radical (unpaired) electrons. The molecule has 16 heavy (non-hydrogen) atoms. The summed E-state index contributed by atoms with van der Waals surface area (Å²) in [5.74, 6) is -0.952. The van der Waals surface area contributed by atoms with Gasteiger partial charge in [0.25, 0.3) is 0 Å². The van der Waals surface area contributed by atoms with Crippen LogP contribution in [0.1, 0.15) is 10.4 Å². The van der Waals surface area contributed by atoms with Crippen LogP contribution in [0.3, 0.4) is 0 Å². The van der Waals surface area contributed by atoms with Gasteiger partial charge < -0.3 is 5.11 Å². The highest BCUT2D eigenvalue weighted by molar-refractivity contribution is 6.34. The van der Waals surface area contributed by atoms with Crippen molar-refractivity contribution in [2.45, 2.75) is 17.7 Å². The molecule has 1 aromatic rings. The molecule has 0 aliphatic heterocycles. The average Bonchev–Trinajstić information content (AvgIpc) is 2.26. The maximum Gasteiger partial charge on any atom is 0.416 e. The Kier molecular flexibility index (Phi) is 3.93. The number of carbonyl (C=O) groups is 1.